The maximum absolute atomic E-state index is 5.54. The molecule has 0 fully saturated rings. The van der Waals surface area contributed by atoms with E-state index in [4.69, 9.17) is 4.84 Å². The van der Waals surface area contributed by atoms with Crippen LogP contribution in [0.2, 0.25) is 0 Å². The van der Waals surface area contributed by atoms with Gasteiger partial charge in [0.1, 0.15) is 11.9 Å². The molecule has 2 aliphatic heterocycles. The van der Waals surface area contributed by atoms with Gasteiger partial charge in [0.2, 0.25) is 0 Å². The van der Waals surface area contributed by atoms with Crippen molar-refractivity contribution in [2.24, 2.45) is 9.55 Å². The lowest BCUT2D eigenvalue weighted by molar-refractivity contribution is 0.342. The second-order valence-corrected chi connectivity index (χ2v) is 5.63. The first-order chi connectivity index (χ1) is 10.9. The van der Waals surface area contributed by atoms with E-state index < -0.39 is 0 Å². The van der Waals surface area contributed by atoms with E-state index in [1.54, 1.807) is 0 Å². The fraction of sp³-hybridized carbons (Fsp3) is 0. The van der Waals surface area contributed by atoms with E-state index in [0.29, 0.717) is 5.71 Å². The molecule has 1 radical (unpaired) electrons. The van der Waals surface area contributed by atoms with E-state index in [1.807, 2.05) is 60.7 Å². The molecule has 105 valence electrons. The average Bonchev–Trinajstić information content (AvgIpc) is 2.90. The molecule has 2 aromatic carbocycles. The molecule has 0 amide bonds. The SMILES string of the molecule is [C]1=NSc2ccccc2C=C1C1=NOc2ccccc2C=C1. The Labute approximate surface area is 132 Å². The Hall–Kier alpha value is -2.59. The molecule has 22 heavy (non-hydrogen) atoms. The van der Waals surface area contributed by atoms with Gasteiger partial charge in [-0.05, 0) is 35.9 Å². The first-order valence-electron chi connectivity index (χ1n) is 6.86. The largest absolute Gasteiger partial charge is 0.356 e. The van der Waals surface area contributed by atoms with E-state index in [1.165, 1.54) is 11.9 Å². The Morgan fingerprint density at radius 3 is 2.68 bits per heavy atom. The molecule has 0 saturated carbocycles. The van der Waals surface area contributed by atoms with Gasteiger partial charge in [0.15, 0.2) is 5.75 Å². The number of oxime groups is 1. The normalized spacial score (nSPS) is 15.6. The van der Waals surface area contributed by atoms with Crippen molar-refractivity contribution in [3.05, 3.63) is 71.3 Å². The molecule has 3 nitrogen and oxygen atoms in total. The van der Waals surface area contributed by atoms with Gasteiger partial charge in [0.05, 0.1) is 0 Å². The van der Waals surface area contributed by atoms with E-state index >= 15 is 0 Å². The molecule has 0 bridgehead atoms. The molecule has 0 aromatic heterocycles. The van der Waals surface area contributed by atoms with Crippen molar-refractivity contribution in [2.45, 2.75) is 4.90 Å². The van der Waals surface area contributed by atoms with Crippen LogP contribution in [0, 0.1) is 0 Å². The highest BCUT2D eigenvalue weighted by atomic mass is 32.2. The molecular weight excluding hydrogens is 292 g/mol. The fourth-order valence-corrected chi connectivity index (χ4v) is 2.88. The van der Waals surface area contributed by atoms with Crippen LogP contribution in [-0.2, 0) is 0 Å². The summed E-state index contributed by atoms with van der Waals surface area (Å²) in [5.74, 6) is 0.745. The quantitative estimate of drug-likeness (QED) is 0.727. The highest BCUT2D eigenvalue weighted by Gasteiger charge is 2.13. The molecule has 0 unspecified atom stereocenters. The number of hydrogen-bond donors (Lipinski definition) is 0. The van der Waals surface area contributed by atoms with Crippen molar-refractivity contribution >= 4 is 36.0 Å². The Morgan fingerprint density at radius 2 is 1.73 bits per heavy atom. The number of benzene rings is 2. The molecule has 2 heterocycles. The van der Waals surface area contributed by atoms with Crippen LogP contribution < -0.4 is 4.84 Å². The summed E-state index contributed by atoms with van der Waals surface area (Å²) in [7, 11) is 0. The molecule has 0 aliphatic carbocycles. The molecule has 0 atom stereocenters. The molecule has 4 heteroatoms. The lowest BCUT2D eigenvalue weighted by Crippen LogP contribution is -2.01. The van der Waals surface area contributed by atoms with Crippen LogP contribution in [0.3, 0.4) is 0 Å². The zero-order valence-electron chi connectivity index (χ0n) is 11.6. The van der Waals surface area contributed by atoms with Crippen LogP contribution >= 0.6 is 11.9 Å². The molecule has 2 aromatic rings. The third kappa shape index (κ3) is 2.49. The minimum absolute atomic E-state index is 0.706. The number of nitrogens with zero attached hydrogens (tertiary/aromatic N) is 2. The van der Waals surface area contributed by atoms with Crippen LogP contribution in [0.1, 0.15) is 11.1 Å². The lowest BCUT2D eigenvalue weighted by Gasteiger charge is -2.01. The highest BCUT2D eigenvalue weighted by Crippen LogP contribution is 2.29. The van der Waals surface area contributed by atoms with Crippen LogP contribution in [-0.4, -0.2) is 11.9 Å². The fourth-order valence-electron chi connectivity index (χ4n) is 2.26. The molecule has 0 spiro atoms. The van der Waals surface area contributed by atoms with E-state index in [2.05, 4.69) is 21.8 Å². The number of hydrogen-bond acceptors (Lipinski definition) is 4. The summed E-state index contributed by atoms with van der Waals surface area (Å²) in [6, 6.07) is 15.9. The smallest absolute Gasteiger partial charge is 0.165 e. The summed E-state index contributed by atoms with van der Waals surface area (Å²) in [5, 5.41) is 4.23. The van der Waals surface area contributed by atoms with Gasteiger partial charge in [-0.3, -0.25) is 0 Å². The highest BCUT2D eigenvalue weighted by molar-refractivity contribution is 7.98. The van der Waals surface area contributed by atoms with E-state index in [9.17, 15) is 0 Å². The Morgan fingerprint density at radius 1 is 0.909 bits per heavy atom. The number of allylic oxidation sites excluding steroid dienone is 2. The van der Waals surface area contributed by atoms with Gasteiger partial charge in [-0.25, -0.2) is 4.40 Å². The predicted octanol–water partition coefficient (Wildman–Crippen LogP) is 4.50. The summed E-state index contributed by atoms with van der Waals surface area (Å²) >= 11 is 1.41. The minimum atomic E-state index is 0.706. The zero-order valence-corrected chi connectivity index (χ0v) is 12.4. The van der Waals surface area contributed by atoms with Gasteiger partial charge in [0.25, 0.3) is 0 Å². The number of para-hydroxylation sites is 1. The topological polar surface area (TPSA) is 34.0 Å². The monoisotopic (exact) mass is 303 g/mol. The predicted molar refractivity (Wildman–Crippen MR) is 91.3 cm³/mol. The van der Waals surface area contributed by atoms with Gasteiger partial charge in [0, 0.05) is 28.0 Å². The number of fused-ring (bicyclic) bond motifs is 2. The van der Waals surface area contributed by atoms with Gasteiger partial charge in [-0.1, -0.05) is 41.6 Å². The van der Waals surface area contributed by atoms with Gasteiger partial charge >= 0.3 is 0 Å². The Balaban J connectivity index is 1.74. The standard InChI is InChI=1S/C18H11N2OS/c1-3-7-17-13(5-1)9-10-16(20-21-17)15-11-14-6-2-4-8-18(14)22-19-12-15/h1-11H. The van der Waals surface area contributed by atoms with Crippen LogP contribution in [0.25, 0.3) is 12.2 Å². The molecule has 4 rings (SSSR count). The third-order valence-corrected chi connectivity index (χ3v) is 4.14. The van der Waals surface area contributed by atoms with Crippen molar-refractivity contribution < 1.29 is 4.84 Å². The maximum Gasteiger partial charge on any atom is 0.165 e. The lowest BCUT2D eigenvalue weighted by atomic mass is 10.1. The first-order valence-corrected chi connectivity index (χ1v) is 7.64. The Bertz CT molecular complexity index is 850. The summed E-state index contributed by atoms with van der Waals surface area (Å²) in [6.07, 6.45) is 8.99. The average molecular weight is 303 g/mol. The zero-order chi connectivity index (χ0) is 14.8. The van der Waals surface area contributed by atoms with Crippen molar-refractivity contribution in [1.82, 2.24) is 0 Å². The maximum atomic E-state index is 5.54. The molecule has 0 N–H and O–H groups in total. The van der Waals surface area contributed by atoms with Crippen LogP contribution in [0.15, 0.2) is 74.6 Å². The number of rotatable bonds is 1. The molecular formula is C18H11N2OS. The van der Waals surface area contributed by atoms with Crippen molar-refractivity contribution in [3.63, 3.8) is 0 Å². The second kappa shape index (κ2) is 5.66. The van der Waals surface area contributed by atoms with Crippen LogP contribution in [0.4, 0.5) is 0 Å². The second-order valence-electron chi connectivity index (χ2n) is 4.83. The van der Waals surface area contributed by atoms with Crippen molar-refractivity contribution in [3.8, 4) is 5.75 Å². The molecule has 0 saturated heterocycles. The molecule has 2 aliphatic rings. The van der Waals surface area contributed by atoms with Crippen LogP contribution in [0.5, 0.6) is 5.75 Å². The summed E-state index contributed by atoms with van der Waals surface area (Å²) in [4.78, 5) is 6.64. The van der Waals surface area contributed by atoms with Crippen molar-refractivity contribution in [1.29, 1.82) is 0 Å². The summed E-state index contributed by atoms with van der Waals surface area (Å²) < 4.78 is 4.28. The van der Waals surface area contributed by atoms with Crippen molar-refractivity contribution in [2.75, 3.05) is 0 Å². The first kappa shape index (κ1) is 13.1. The van der Waals surface area contributed by atoms with E-state index in [0.717, 1.165) is 27.3 Å². The van der Waals surface area contributed by atoms with Gasteiger partial charge < -0.3 is 4.84 Å². The summed E-state index contributed by atoms with van der Waals surface area (Å²) in [5.41, 5.74) is 3.62. The van der Waals surface area contributed by atoms with Gasteiger partial charge in [-0.15, -0.1) is 0 Å². The van der Waals surface area contributed by atoms with Gasteiger partial charge in [-0.2, -0.15) is 0 Å². The minimum Gasteiger partial charge on any atom is -0.356 e. The third-order valence-electron chi connectivity index (χ3n) is 3.39. The Kier molecular flexibility index (Phi) is 3.37. The summed E-state index contributed by atoms with van der Waals surface area (Å²) in [6.45, 7) is 0. The van der Waals surface area contributed by atoms with E-state index in [-0.39, 0.29) is 0 Å².